The molecule has 2 atom stereocenters. The Morgan fingerprint density at radius 1 is 1.44 bits per heavy atom. The highest BCUT2D eigenvalue weighted by atomic mass is 16.5. The molecule has 1 aromatic carbocycles. The van der Waals surface area contributed by atoms with Crippen LogP contribution in [-0.4, -0.2) is 24.7 Å². The summed E-state index contributed by atoms with van der Waals surface area (Å²) in [7, 11) is 0. The zero-order valence-corrected chi connectivity index (χ0v) is 15.4. The third kappa shape index (κ3) is 4.73. The lowest BCUT2D eigenvalue weighted by Gasteiger charge is -2.38. The zero-order chi connectivity index (χ0) is 18.3. The number of carbonyl (C=O) groups excluding carboxylic acids is 1. The first kappa shape index (κ1) is 19.3. The molecule has 5 nitrogen and oxygen atoms in total. The molecule has 1 amide bonds. The van der Waals surface area contributed by atoms with Gasteiger partial charge < -0.3 is 14.8 Å². The van der Waals surface area contributed by atoms with Crippen molar-refractivity contribution < 1.29 is 14.3 Å². The van der Waals surface area contributed by atoms with Crippen LogP contribution in [0.25, 0.3) is 0 Å². The third-order valence-corrected chi connectivity index (χ3v) is 4.61. The standard InChI is InChI=1S/C20H28N2O3/c1-4-11-24-18-9-8-17(12-16(18)14-21)22-19(23)20(25-5-2)10-6-7-15(3)13-20/h8-9,12,15H,4-7,10-11,13H2,1-3H3,(H,22,23)/t15-,20+/m1/s1. The van der Waals surface area contributed by atoms with Crippen molar-refractivity contribution in [2.75, 3.05) is 18.5 Å². The van der Waals surface area contributed by atoms with Gasteiger partial charge in [-0.2, -0.15) is 5.26 Å². The second-order valence-electron chi connectivity index (χ2n) is 6.75. The Morgan fingerprint density at radius 2 is 2.24 bits per heavy atom. The van der Waals surface area contributed by atoms with Gasteiger partial charge in [0.25, 0.3) is 5.91 Å². The second kappa shape index (κ2) is 8.87. The normalized spacial score (nSPS) is 22.9. The van der Waals surface area contributed by atoms with Gasteiger partial charge in [-0.3, -0.25) is 4.79 Å². The molecule has 0 unspecified atom stereocenters. The number of benzene rings is 1. The van der Waals surface area contributed by atoms with Crippen molar-refractivity contribution in [3.63, 3.8) is 0 Å². The smallest absolute Gasteiger partial charge is 0.256 e. The third-order valence-electron chi connectivity index (χ3n) is 4.61. The molecule has 0 bridgehead atoms. The molecule has 1 N–H and O–H groups in total. The number of hydrogen-bond donors (Lipinski definition) is 1. The highest BCUT2D eigenvalue weighted by molar-refractivity contribution is 5.97. The van der Waals surface area contributed by atoms with Crippen molar-refractivity contribution in [3.8, 4) is 11.8 Å². The molecule has 1 saturated carbocycles. The van der Waals surface area contributed by atoms with Gasteiger partial charge in [0.15, 0.2) is 0 Å². The van der Waals surface area contributed by atoms with Crippen LogP contribution in [0.2, 0.25) is 0 Å². The predicted molar refractivity (Wildman–Crippen MR) is 97.6 cm³/mol. The quantitative estimate of drug-likeness (QED) is 0.802. The highest BCUT2D eigenvalue weighted by Gasteiger charge is 2.42. The largest absolute Gasteiger partial charge is 0.492 e. The van der Waals surface area contributed by atoms with Crippen LogP contribution in [0.4, 0.5) is 5.69 Å². The summed E-state index contributed by atoms with van der Waals surface area (Å²) >= 11 is 0. The van der Waals surface area contributed by atoms with E-state index in [-0.39, 0.29) is 5.91 Å². The summed E-state index contributed by atoms with van der Waals surface area (Å²) in [6.45, 7) is 7.16. The molecule has 0 radical (unpaired) electrons. The minimum atomic E-state index is -0.767. The lowest BCUT2D eigenvalue weighted by Crippen LogP contribution is -2.48. The average Bonchev–Trinajstić information content (AvgIpc) is 2.60. The van der Waals surface area contributed by atoms with Crippen molar-refractivity contribution in [2.45, 2.75) is 58.5 Å². The predicted octanol–water partition coefficient (Wildman–Crippen LogP) is 4.27. The van der Waals surface area contributed by atoms with Gasteiger partial charge >= 0.3 is 0 Å². The van der Waals surface area contributed by atoms with Gasteiger partial charge in [-0.15, -0.1) is 0 Å². The Labute approximate surface area is 150 Å². The minimum absolute atomic E-state index is 0.119. The molecule has 0 heterocycles. The molecule has 0 aliphatic heterocycles. The maximum absolute atomic E-state index is 12.9. The van der Waals surface area contributed by atoms with E-state index in [2.05, 4.69) is 18.3 Å². The van der Waals surface area contributed by atoms with Gasteiger partial charge in [-0.05, 0) is 56.7 Å². The van der Waals surface area contributed by atoms with E-state index in [1.807, 2.05) is 13.8 Å². The van der Waals surface area contributed by atoms with E-state index in [4.69, 9.17) is 9.47 Å². The van der Waals surface area contributed by atoms with Crippen LogP contribution in [0.3, 0.4) is 0 Å². The van der Waals surface area contributed by atoms with E-state index in [0.29, 0.717) is 36.1 Å². The first-order chi connectivity index (χ1) is 12.0. The Hall–Kier alpha value is -2.06. The van der Waals surface area contributed by atoms with E-state index < -0.39 is 5.60 Å². The molecule has 2 rings (SSSR count). The fourth-order valence-electron chi connectivity index (χ4n) is 3.46. The second-order valence-corrected chi connectivity index (χ2v) is 6.75. The Morgan fingerprint density at radius 3 is 2.88 bits per heavy atom. The maximum atomic E-state index is 12.9. The molecule has 1 aliphatic rings. The molecule has 136 valence electrons. The summed E-state index contributed by atoms with van der Waals surface area (Å²) in [5.41, 5.74) is 0.257. The summed E-state index contributed by atoms with van der Waals surface area (Å²) in [6, 6.07) is 7.30. The maximum Gasteiger partial charge on any atom is 0.256 e. The van der Waals surface area contributed by atoms with Gasteiger partial charge in [-0.25, -0.2) is 0 Å². The SMILES string of the molecule is CCCOc1ccc(NC(=O)[C@]2(OCC)CCC[C@@H](C)C2)cc1C#N. The first-order valence-corrected chi connectivity index (χ1v) is 9.17. The van der Waals surface area contributed by atoms with E-state index in [1.165, 1.54) is 0 Å². The van der Waals surface area contributed by atoms with Gasteiger partial charge in [0.1, 0.15) is 17.4 Å². The monoisotopic (exact) mass is 344 g/mol. The summed E-state index contributed by atoms with van der Waals surface area (Å²) in [5, 5.41) is 12.3. The van der Waals surface area contributed by atoms with Crippen molar-refractivity contribution in [1.82, 2.24) is 0 Å². The molecule has 0 aromatic heterocycles. The number of ether oxygens (including phenoxy) is 2. The van der Waals surface area contributed by atoms with Gasteiger partial charge in [-0.1, -0.05) is 20.3 Å². The molecule has 1 aliphatic carbocycles. The molecule has 25 heavy (non-hydrogen) atoms. The summed E-state index contributed by atoms with van der Waals surface area (Å²) in [5.74, 6) is 0.894. The van der Waals surface area contributed by atoms with Gasteiger partial charge in [0, 0.05) is 12.3 Å². The minimum Gasteiger partial charge on any atom is -0.492 e. The number of hydrogen-bond acceptors (Lipinski definition) is 4. The topological polar surface area (TPSA) is 71.3 Å². The van der Waals surface area contributed by atoms with Crippen molar-refractivity contribution in [2.24, 2.45) is 5.92 Å². The number of amides is 1. The summed E-state index contributed by atoms with van der Waals surface area (Å²) in [6.07, 6.45) is 4.46. The van der Waals surface area contributed by atoms with E-state index in [1.54, 1.807) is 18.2 Å². The number of carbonyl (C=O) groups is 1. The van der Waals surface area contributed by atoms with Crippen molar-refractivity contribution in [1.29, 1.82) is 5.26 Å². The highest BCUT2D eigenvalue weighted by Crippen LogP contribution is 2.36. The molecular formula is C20H28N2O3. The molecule has 5 heteroatoms. The van der Waals surface area contributed by atoms with E-state index in [0.717, 1.165) is 32.1 Å². The summed E-state index contributed by atoms with van der Waals surface area (Å²) < 4.78 is 11.5. The molecular weight excluding hydrogens is 316 g/mol. The van der Waals surface area contributed by atoms with E-state index >= 15 is 0 Å². The van der Waals surface area contributed by atoms with Crippen LogP contribution in [0.15, 0.2) is 18.2 Å². The Balaban J connectivity index is 2.16. The average molecular weight is 344 g/mol. The Bertz CT molecular complexity index is 634. The molecule has 1 fully saturated rings. The van der Waals surface area contributed by atoms with Gasteiger partial charge in [0.05, 0.1) is 12.2 Å². The number of nitrogens with zero attached hydrogens (tertiary/aromatic N) is 1. The molecule has 1 aromatic rings. The Kier molecular flexibility index (Phi) is 6.83. The van der Waals surface area contributed by atoms with Gasteiger partial charge in [0.2, 0.25) is 0 Å². The molecule has 0 spiro atoms. The lowest BCUT2D eigenvalue weighted by molar-refractivity contribution is -0.147. The fraction of sp³-hybridized carbons (Fsp3) is 0.600. The van der Waals surface area contributed by atoms with Crippen LogP contribution >= 0.6 is 0 Å². The lowest BCUT2D eigenvalue weighted by atomic mass is 9.78. The molecule has 0 saturated heterocycles. The van der Waals surface area contributed by atoms with Crippen LogP contribution < -0.4 is 10.1 Å². The zero-order valence-electron chi connectivity index (χ0n) is 15.4. The first-order valence-electron chi connectivity index (χ1n) is 9.17. The number of nitriles is 1. The number of nitrogens with one attached hydrogen (secondary N) is 1. The van der Waals surface area contributed by atoms with E-state index in [9.17, 15) is 10.1 Å². The van der Waals surface area contributed by atoms with Crippen molar-refractivity contribution >= 4 is 11.6 Å². The van der Waals surface area contributed by atoms with Crippen molar-refractivity contribution in [3.05, 3.63) is 23.8 Å². The van der Waals surface area contributed by atoms with Crippen LogP contribution in [0, 0.1) is 17.2 Å². The fourth-order valence-corrected chi connectivity index (χ4v) is 3.46. The van der Waals surface area contributed by atoms with Crippen LogP contribution in [0.5, 0.6) is 5.75 Å². The number of rotatable bonds is 7. The van der Waals surface area contributed by atoms with Crippen LogP contribution in [-0.2, 0) is 9.53 Å². The number of anilines is 1. The van der Waals surface area contributed by atoms with Crippen LogP contribution in [0.1, 0.15) is 58.4 Å². The summed E-state index contributed by atoms with van der Waals surface area (Å²) in [4.78, 5) is 12.9.